The Hall–Kier alpha value is -1.52. The number of hydrogen-bond acceptors (Lipinski definition) is 3. The summed E-state index contributed by atoms with van der Waals surface area (Å²) in [5.41, 5.74) is 3.12. The lowest BCUT2D eigenvalue weighted by atomic mass is 10.1. The van der Waals surface area contributed by atoms with E-state index >= 15 is 0 Å². The molecule has 1 saturated heterocycles. The zero-order valence-electron chi connectivity index (χ0n) is 13.1. The van der Waals surface area contributed by atoms with Crippen LogP contribution in [0.4, 0.5) is 0 Å². The van der Waals surface area contributed by atoms with E-state index < -0.39 is 0 Å². The molecule has 1 aromatic heterocycles. The van der Waals surface area contributed by atoms with E-state index in [9.17, 15) is 0 Å². The van der Waals surface area contributed by atoms with E-state index in [0.717, 1.165) is 54.6 Å². The fraction of sp³-hybridized carbons (Fsp3) is 0.471. The van der Waals surface area contributed by atoms with Gasteiger partial charge in [-0.15, -0.1) is 0 Å². The highest BCUT2D eigenvalue weighted by Crippen LogP contribution is 2.23. The number of benzene rings is 1. The molecule has 1 aromatic carbocycles. The number of piperidine rings is 1. The van der Waals surface area contributed by atoms with Crippen molar-refractivity contribution in [1.29, 1.82) is 0 Å². The second kappa shape index (κ2) is 6.71. The third-order valence-corrected chi connectivity index (χ3v) is 4.64. The topological polar surface area (TPSA) is 41.1 Å². The average Bonchev–Trinajstić information content (AvgIpc) is 2.81. The molecular weight excluding hydrogens is 298 g/mol. The fourth-order valence-corrected chi connectivity index (χ4v) is 2.99. The summed E-state index contributed by atoms with van der Waals surface area (Å²) in [7, 11) is 0. The van der Waals surface area contributed by atoms with Gasteiger partial charge in [-0.2, -0.15) is 5.10 Å². The molecule has 1 aliphatic heterocycles. The van der Waals surface area contributed by atoms with E-state index in [-0.39, 0.29) is 0 Å². The average molecular weight is 320 g/mol. The summed E-state index contributed by atoms with van der Waals surface area (Å²) in [6, 6.07) is 8.26. The van der Waals surface area contributed by atoms with Gasteiger partial charge in [-0.25, -0.2) is 0 Å². The van der Waals surface area contributed by atoms with Crippen LogP contribution in [0.5, 0.6) is 5.75 Å². The molecule has 5 heteroatoms. The first kappa shape index (κ1) is 15.4. The molecule has 3 rings (SSSR count). The molecule has 0 saturated carbocycles. The largest absolute Gasteiger partial charge is 0.490 e. The van der Waals surface area contributed by atoms with E-state index in [1.165, 1.54) is 5.56 Å². The van der Waals surface area contributed by atoms with Crippen molar-refractivity contribution < 1.29 is 4.74 Å². The van der Waals surface area contributed by atoms with Crippen LogP contribution in [-0.2, 0) is 6.54 Å². The standard InChI is InChI=1S/C17H22ClN3O/c1-12-4-3-5-15(10-12)22-14-6-8-21(9-7-14)11-16-17(18)13(2)19-20-16/h3-5,10,14H,6-9,11H2,1-2H3,(H,19,20). The second-order valence-electron chi connectivity index (χ2n) is 6.02. The smallest absolute Gasteiger partial charge is 0.119 e. The van der Waals surface area contributed by atoms with Crippen LogP contribution in [0.15, 0.2) is 24.3 Å². The quantitative estimate of drug-likeness (QED) is 0.933. The predicted octanol–water partition coefficient (Wildman–Crippen LogP) is 3.72. The molecular formula is C17H22ClN3O. The number of halogens is 1. The summed E-state index contributed by atoms with van der Waals surface area (Å²) in [6.07, 6.45) is 2.37. The Bertz CT molecular complexity index is 633. The Kier molecular flexibility index (Phi) is 4.69. The maximum Gasteiger partial charge on any atom is 0.119 e. The lowest BCUT2D eigenvalue weighted by Gasteiger charge is -2.31. The lowest BCUT2D eigenvalue weighted by Crippen LogP contribution is -2.37. The molecule has 4 nitrogen and oxygen atoms in total. The van der Waals surface area contributed by atoms with Gasteiger partial charge in [0.05, 0.1) is 16.4 Å². The van der Waals surface area contributed by atoms with Crippen molar-refractivity contribution >= 4 is 11.6 Å². The zero-order chi connectivity index (χ0) is 15.5. The maximum atomic E-state index is 6.23. The van der Waals surface area contributed by atoms with Crippen LogP contribution in [0.25, 0.3) is 0 Å². The molecule has 0 aliphatic carbocycles. The summed E-state index contributed by atoms with van der Waals surface area (Å²) in [5.74, 6) is 0.976. The van der Waals surface area contributed by atoms with E-state index in [0.29, 0.717) is 6.10 Å². The van der Waals surface area contributed by atoms with Gasteiger partial charge < -0.3 is 4.74 Å². The van der Waals surface area contributed by atoms with Crippen LogP contribution in [0.2, 0.25) is 5.02 Å². The third-order valence-electron chi connectivity index (χ3n) is 4.14. The number of nitrogens with zero attached hydrogens (tertiary/aromatic N) is 2. The molecule has 0 bridgehead atoms. The zero-order valence-corrected chi connectivity index (χ0v) is 13.9. The highest BCUT2D eigenvalue weighted by atomic mass is 35.5. The number of rotatable bonds is 4. The normalized spacial score (nSPS) is 16.9. The Morgan fingerprint density at radius 2 is 2.09 bits per heavy atom. The van der Waals surface area contributed by atoms with Gasteiger partial charge in [0, 0.05) is 19.6 Å². The summed E-state index contributed by atoms with van der Waals surface area (Å²) in [6.45, 7) is 6.86. The number of aromatic nitrogens is 2. The Labute approximate surface area is 136 Å². The van der Waals surface area contributed by atoms with Crippen LogP contribution in [0, 0.1) is 13.8 Å². The first-order valence-corrected chi connectivity index (χ1v) is 8.14. The summed E-state index contributed by atoms with van der Waals surface area (Å²) < 4.78 is 6.09. The van der Waals surface area contributed by atoms with Crippen LogP contribution in [-0.4, -0.2) is 34.3 Å². The van der Waals surface area contributed by atoms with Crippen LogP contribution in [0.3, 0.4) is 0 Å². The molecule has 0 unspecified atom stereocenters. The van der Waals surface area contributed by atoms with E-state index in [4.69, 9.17) is 16.3 Å². The van der Waals surface area contributed by atoms with E-state index in [2.05, 4.69) is 34.2 Å². The molecule has 1 fully saturated rings. The summed E-state index contributed by atoms with van der Waals surface area (Å²) >= 11 is 6.23. The lowest BCUT2D eigenvalue weighted by molar-refractivity contribution is 0.0961. The van der Waals surface area contributed by atoms with Crippen molar-refractivity contribution in [2.45, 2.75) is 39.3 Å². The van der Waals surface area contributed by atoms with Crippen LogP contribution in [0.1, 0.15) is 29.8 Å². The number of aromatic amines is 1. The van der Waals surface area contributed by atoms with Gasteiger partial charge in [0.25, 0.3) is 0 Å². The Morgan fingerprint density at radius 3 is 2.73 bits per heavy atom. The number of H-pyrrole nitrogens is 1. The first-order chi connectivity index (χ1) is 10.6. The van der Waals surface area contributed by atoms with Gasteiger partial charge in [-0.1, -0.05) is 23.7 Å². The van der Waals surface area contributed by atoms with E-state index in [1.54, 1.807) is 0 Å². The van der Waals surface area contributed by atoms with Gasteiger partial charge in [0.15, 0.2) is 0 Å². The van der Waals surface area contributed by atoms with Crippen molar-refractivity contribution in [3.05, 3.63) is 46.2 Å². The summed E-state index contributed by atoms with van der Waals surface area (Å²) in [5, 5.41) is 7.98. The number of aryl methyl sites for hydroxylation is 2. The Balaban J connectivity index is 1.51. The second-order valence-corrected chi connectivity index (χ2v) is 6.40. The third kappa shape index (κ3) is 3.62. The van der Waals surface area contributed by atoms with Gasteiger partial charge in [-0.3, -0.25) is 10.00 Å². The molecule has 0 spiro atoms. The molecule has 0 atom stereocenters. The predicted molar refractivity (Wildman–Crippen MR) is 88.4 cm³/mol. The van der Waals surface area contributed by atoms with Crippen molar-refractivity contribution in [2.75, 3.05) is 13.1 Å². The minimum atomic E-state index is 0.300. The number of likely N-dealkylation sites (tertiary alicyclic amines) is 1. The number of ether oxygens (including phenoxy) is 1. The molecule has 2 heterocycles. The minimum absolute atomic E-state index is 0.300. The maximum absolute atomic E-state index is 6.23. The minimum Gasteiger partial charge on any atom is -0.490 e. The molecule has 0 radical (unpaired) electrons. The van der Waals surface area contributed by atoms with Gasteiger partial charge in [0.2, 0.25) is 0 Å². The SMILES string of the molecule is Cc1cccc(OC2CCN(Cc3n[nH]c(C)c3Cl)CC2)c1. The monoisotopic (exact) mass is 319 g/mol. The van der Waals surface area contributed by atoms with Crippen molar-refractivity contribution in [1.82, 2.24) is 15.1 Å². The molecule has 1 N–H and O–H groups in total. The molecule has 22 heavy (non-hydrogen) atoms. The highest BCUT2D eigenvalue weighted by Gasteiger charge is 2.22. The van der Waals surface area contributed by atoms with Crippen molar-refractivity contribution in [3.8, 4) is 5.75 Å². The molecule has 118 valence electrons. The molecule has 1 aliphatic rings. The van der Waals surface area contributed by atoms with Gasteiger partial charge in [0.1, 0.15) is 11.9 Å². The molecule has 0 amide bonds. The Morgan fingerprint density at radius 1 is 1.32 bits per heavy atom. The number of hydrogen-bond donors (Lipinski definition) is 1. The van der Waals surface area contributed by atoms with Crippen LogP contribution < -0.4 is 4.74 Å². The molecule has 2 aromatic rings. The first-order valence-electron chi connectivity index (χ1n) is 7.77. The van der Waals surface area contributed by atoms with E-state index in [1.807, 2.05) is 19.1 Å². The van der Waals surface area contributed by atoms with Crippen molar-refractivity contribution in [2.24, 2.45) is 0 Å². The van der Waals surface area contributed by atoms with Crippen LogP contribution >= 0.6 is 11.6 Å². The van der Waals surface area contributed by atoms with Crippen molar-refractivity contribution in [3.63, 3.8) is 0 Å². The van der Waals surface area contributed by atoms with Gasteiger partial charge in [-0.05, 0) is 44.4 Å². The fourth-order valence-electron chi connectivity index (χ4n) is 2.85. The number of nitrogens with one attached hydrogen (secondary N) is 1. The summed E-state index contributed by atoms with van der Waals surface area (Å²) in [4.78, 5) is 2.39. The van der Waals surface area contributed by atoms with Gasteiger partial charge >= 0.3 is 0 Å². The highest BCUT2D eigenvalue weighted by molar-refractivity contribution is 6.31.